The van der Waals surface area contributed by atoms with Crippen LogP contribution in [0.15, 0.2) is 12.4 Å². The minimum atomic E-state index is -0.379. The largest absolute Gasteiger partial charge is 0.384 e. The predicted molar refractivity (Wildman–Crippen MR) is 56.4 cm³/mol. The van der Waals surface area contributed by atoms with Gasteiger partial charge in [0, 0.05) is 12.4 Å². The van der Waals surface area contributed by atoms with Crippen LogP contribution in [0.25, 0.3) is 0 Å². The summed E-state index contributed by atoms with van der Waals surface area (Å²) in [5, 5.41) is 7.16. The average Bonchev–Trinajstić information content (AvgIpc) is 2.26. The molecule has 1 aromatic rings. The van der Waals surface area contributed by atoms with Gasteiger partial charge in [0.15, 0.2) is 0 Å². The van der Waals surface area contributed by atoms with Crippen molar-refractivity contribution < 1.29 is 4.79 Å². The van der Waals surface area contributed by atoms with Crippen LogP contribution in [0.5, 0.6) is 0 Å². The number of nitrogens with two attached hydrogens (primary N) is 1. The van der Waals surface area contributed by atoms with Gasteiger partial charge < -0.3 is 5.73 Å². The third kappa shape index (κ3) is 2.83. The first-order valence-corrected chi connectivity index (χ1v) is 4.73. The molecule has 15 heavy (non-hydrogen) atoms. The molecule has 5 nitrogen and oxygen atoms in total. The fourth-order valence-electron chi connectivity index (χ4n) is 1.19. The smallest absolute Gasteiger partial charge is 0.209 e. The summed E-state index contributed by atoms with van der Waals surface area (Å²) in [7, 11) is 0. The van der Waals surface area contributed by atoms with E-state index in [0.717, 1.165) is 6.42 Å². The van der Waals surface area contributed by atoms with Crippen LogP contribution in [0.3, 0.4) is 0 Å². The third-order valence-electron chi connectivity index (χ3n) is 2.01. The van der Waals surface area contributed by atoms with Gasteiger partial charge in [-0.2, -0.15) is 0 Å². The van der Waals surface area contributed by atoms with Crippen LogP contribution in [0, 0.1) is 5.41 Å². The van der Waals surface area contributed by atoms with E-state index in [9.17, 15) is 4.79 Å². The molecule has 1 heterocycles. The number of nitrogen functional groups attached to an aromatic ring is 1. The van der Waals surface area contributed by atoms with E-state index in [1.807, 2.05) is 13.2 Å². The second-order valence-corrected chi connectivity index (χ2v) is 3.20. The zero-order valence-electron chi connectivity index (χ0n) is 8.53. The SMILES string of the molecule is CCCC([C]=O)c1ncc(C(=N)N)cn1. The van der Waals surface area contributed by atoms with Gasteiger partial charge in [-0.15, -0.1) is 0 Å². The molecule has 0 spiro atoms. The molecular weight excluding hydrogens is 192 g/mol. The Balaban J connectivity index is 2.86. The third-order valence-corrected chi connectivity index (χ3v) is 2.01. The van der Waals surface area contributed by atoms with Crippen LogP contribution in [0.4, 0.5) is 0 Å². The van der Waals surface area contributed by atoms with E-state index in [4.69, 9.17) is 11.1 Å². The normalized spacial score (nSPS) is 12.1. The van der Waals surface area contributed by atoms with E-state index in [2.05, 4.69) is 9.97 Å². The fraction of sp³-hybridized carbons (Fsp3) is 0.400. The first kappa shape index (κ1) is 11.3. The molecule has 0 aliphatic carbocycles. The summed E-state index contributed by atoms with van der Waals surface area (Å²) in [6.45, 7) is 1.98. The number of nitrogens with zero attached hydrogens (tertiary/aromatic N) is 2. The Labute approximate surface area is 88.2 Å². The number of nitrogens with one attached hydrogen (secondary N) is 1. The van der Waals surface area contributed by atoms with Gasteiger partial charge in [0.1, 0.15) is 11.7 Å². The Bertz CT molecular complexity index is 347. The second-order valence-electron chi connectivity index (χ2n) is 3.20. The van der Waals surface area contributed by atoms with Crippen molar-refractivity contribution in [3.8, 4) is 0 Å². The Hall–Kier alpha value is -1.78. The number of amidine groups is 1. The van der Waals surface area contributed by atoms with E-state index >= 15 is 0 Å². The van der Waals surface area contributed by atoms with Crippen LogP contribution >= 0.6 is 0 Å². The molecule has 0 fully saturated rings. The van der Waals surface area contributed by atoms with Crippen LogP contribution in [-0.4, -0.2) is 22.1 Å². The van der Waals surface area contributed by atoms with Crippen molar-refractivity contribution in [2.45, 2.75) is 25.7 Å². The summed E-state index contributed by atoms with van der Waals surface area (Å²) < 4.78 is 0. The quantitative estimate of drug-likeness (QED) is 0.548. The lowest BCUT2D eigenvalue weighted by Crippen LogP contribution is -2.13. The highest BCUT2D eigenvalue weighted by atomic mass is 16.1. The minimum absolute atomic E-state index is 0.0799. The fourth-order valence-corrected chi connectivity index (χ4v) is 1.19. The van der Waals surface area contributed by atoms with E-state index in [-0.39, 0.29) is 11.8 Å². The molecule has 0 aliphatic rings. The average molecular weight is 205 g/mol. The zero-order chi connectivity index (χ0) is 11.3. The Morgan fingerprint density at radius 1 is 1.60 bits per heavy atom. The molecule has 0 bridgehead atoms. The van der Waals surface area contributed by atoms with E-state index in [0.29, 0.717) is 17.8 Å². The molecule has 79 valence electrons. The van der Waals surface area contributed by atoms with Gasteiger partial charge in [-0.3, -0.25) is 10.2 Å². The maximum Gasteiger partial charge on any atom is 0.209 e. The lowest BCUT2D eigenvalue weighted by atomic mass is 10.1. The van der Waals surface area contributed by atoms with Gasteiger partial charge in [0.05, 0.1) is 11.5 Å². The van der Waals surface area contributed by atoms with Crippen molar-refractivity contribution in [2.24, 2.45) is 5.73 Å². The van der Waals surface area contributed by atoms with Gasteiger partial charge in [-0.05, 0) is 6.42 Å². The molecule has 0 saturated heterocycles. The Morgan fingerprint density at radius 2 is 2.20 bits per heavy atom. The number of hydrogen-bond acceptors (Lipinski definition) is 4. The molecular formula is C10H13N4O. The van der Waals surface area contributed by atoms with Crippen LogP contribution in [-0.2, 0) is 4.79 Å². The highest BCUT2D eigenvalue weighted by Gasteiger charge is 2.13. The van der Waals surface area contributed by atoms with E-state index in [1.54, 1.807) is 0 Å². The monoisotopic (exact) mass is 205 g/mol. The lowest BCUT2D eigenvalue weighted by molar-refractivity contribution is 0.530. The molecule has 0 aromatic carbocycles. The first-order valence-electron chi connectivity index (χ1n) is 4.73. The molecule has 1 radical (unpaired) electrons. The predicted octanol–water partition coefficient (Wildman–Crippen LogP) is 0.754. The number of aromatic nitrogens is 2. The zero-order valence-corrected chi connectivity index (χ0v) is 8.53. The van der Waals surface area contributed by atoms with Crippen molar-refractivity contribution >= 4 is 12.1 Å². The van der Waals surface area contributed by atoms with Crippen LogP contribution in [0.2, 0.25) is 0 Å². The molecule has 1 atom stereocenters. The summed E-state index contributed by atoms with van der Waals surface area (Å²) in [6.07, 6.45) is 6.36. The highest BCUT2D eigenvalue weighted by Crippen LogP contribution is 2.14. The molecule has 1 aromatic heterocycles. The summed E-state index contributed by atoms with van der Waals surface area (Å²) in [6, 6.07) is 0. The van der Waals surface area contributed by atoms with Gasteiger partial charge in [-0.1, -0.05) is 13.3 Å². The van der Waals surface area contributed by atoms with Crippen molar-refractivity contribution in [1.82, 2.24) is 9.97 Å². The van der Waals surface area contributed by atoms with Gasteiger partial charge in [-0.25, -0.2) is 9.97 Å². The maximum atomic E-state index is 10.6. The molecule has 0 saturated carbocycles. The number of rotatable bonds is 5. The molecule has 1 rings (SSSR count). The standard InChI is InChI=1S/C10H13N4O/c1-2-3-7(6-15)10-13-4-8(5-14-10)9(11)12/h4-5,7H,2-3H2,1H3,(H3,11,12). The number of hydrogen-bond donors (Lipinski definition) is 2. The first-order chi connectivity index (χ1) is 7.19. The van der Waals surface area contributed by atoms with Gasteiger partial charge in [0.2, 0.25) is 6.29 Å². The maximum absolute atomic E-state index is 10.6. The topological polar surface area (TPSA) is 92.7 Å². The minimum Gasteiger partial charge on any atom is -0.384 e. The van der Waals surface area contributed by atoms with Crippen LogP contribution < -0.4 is 5.73 Å². The summed E-state index contributed by atoms with van der Waals surface area (Å²) in [4.78, 5) is 18.6. The molecule has 0 amide bonds. The summed E-state index contributed by atoms with van der Waals surface area (Å²) >= 11 is 0. The van der Waals surface area contributed by atoms with Crippen molar-refractivity contribution in [1.29, 1.82) is 5.41 Å². The van der Waals surface area contributed by atoms with Crippen molar-refractivity contribution in [2.75, 3.05) is 0 Å². The summed E-state index contributed by atoms with van der Waals surface area (Å²) in [5.74, 6) is -0.0171. The Morgan fingerprint density at radius 3 is 2.60 bits per heavy atom. The second kappa shape index (κ2) is 5.19. The lowest BCUT2D eigenvalue weighted by Gasteiger charge is -2.06. The van der Waals surface area contributed by atoms with Crippen molar-refractivity contribution in [3.63, 3.8) is 0 Å². The summed E-state index contributed by atoms with van der Waals surface area (Å²) in [5.41, 5.74) is 5.72. The van der Waals surface area contributed by atoms with Gasteiger partial charge >= 0.3 is 0 Å². The van der Waals surface area contributed by atoms with Crippen molar-refractivity contribution in [3.05, 3.63) is 23.8 Å². The number of carbonyl (C=O) groups excluding carboxylic acids is 1. The molecule has 5 heteroatoms. The van der Waals surface area contributed by atoms with Crippen LogP contribution in [0.1, 0.15) is 37.1 Å². The van der Waals surface area contributed by atoms with E-state index in [1.165, 1.54) is 12.4 Å². The molecule has 3 N–H and O–H groups in total. The Kier molecular flexibility index (Phi) is 3.91. The van der Waals surface area contributed by atoms with Gasteiger partial charge in [0.25, 0.3) is 0 Å². The molecule has 1 unspecified atom stereocenters. The molecule has 0 aliphatic heterocycles. The highest BCUT2D eigenvalue weighted by molar-refractivity contribution is 5.94. The van der Waals surface area contributed by atoms with E-state index < -0.39 is 0 Å².